The van der Waals surface area contributed by atoms with Gasteiger partial charge in [-0.1, -0.05) is 0 Å². The van der Waals surface area contributed by atoms with E-state index in [4.69, 9.17) is 0 Å². The molecular weight excluding hydrogens is 320 g/mol. The van der Waals surface area contributed by atoms with Crippen molar-refractivity contribution in [3.63, 3.8) is 0 Å². The van der Waals surface area contributed by atoms with Crippen molar-refractivity contribution in [3.05, 3.63) is 28.6 Å². The second-order valence-electron chi connectivity index (χ2n) is 5.09. The van der Waals surface area contributed by atoms with Gasteiger partial charge in [-0.25, -0.2) is 9.67 Å². The zero-order chi connectivity index (χ0) is 16.4. The van der Waals surface area contributed by atoms with Crippen LogP contribution in [0.15, 0.2) is 18.5 Å². The normalized spacial score (nSPS) is 18.2. The van der Waals surface area contributed by atoms with E-state index < -0.39 is 11.0 Å². The first-order valence-corrected chi connectivity index (χ1v) is 8.11. The summed E-state index contributed by atoms with van der Waals surface area (Å²) in [5.74, 6) is 0.707. The predicted octanol–water partition coefficient (Wildman–Crippen LogP) is 1.88. The summed E-state index contributed by atoms with van der Waals surface area (Å²) in [6.45, 7) is 3.29. The van der Waals surface area contributed by atoms with Gasteiger partial charge in [-0.3, -0.25) is 19.8 Å². The number of thiazole rings is 1. The van der Waals surface area contributed by atoms with Gasteiger partial charge >= 0.3 is 5.00 Å². The van der Waals surface area contributed by atoms with Crippen molar-refractivity contribution >= 4 is 33.2 Å². The molecule has 0 saturated carbocycles. The van der Waals surface area contributed by atoms with E-state index in [1.54, 1.807) is 15.8 Å². The second-order valence-corrected chi connectivity index (χ2v) is 6.10. The van der Waals surface area contributed by atoms with E-state index in [1.165, 1.54) is 6.20 Å². The van der Waals surface area contributed by atoms with Crippen molar-refractivity contribution in [2.75, 3.05) is 16.8 Å². The number of rotatable bonds is 5. The number of carbonyl (C=O) groups is 1. The number of nitrogens with zero attached hydrogens (tertiary/aromatic N) is 5. The van der Waals surface area contributed by atoms with Gasteiger partial charge in [-0.2, -0.15) is 5.10 Å². The van der Waals surface area contributed by atoms with Gasteiger partial charge in [0.2, 0.25) is 0 Å². The lowest BCUT2D eigenvalue weighted by Crippen LogP contribution is -2.48. The smallest absolute Gasteiger partial charge is 0.345 e. The molecule has 0 aliphatic carbocycles. The maximum atomic E-state index is 12.7. The topological polar surface area (TPSA) is 106 Å². The highest BCUT2D eigenvalue weighted by atomic mass is 32.1. The maximum Gasteiger partial charge on any atom is 0.345 e. The standard InChI is InChI=1S/C13H16N6O3S/c1-2-18-10(5-6-15-18)17-7-3-4-9(12(17)20)16-13-14-8-11(23-13)19(21)22/h5-6,8-9H,2-4,7H2,1H3,(H,14,16). The molecule has 1 N–H and O–H groups in total. The molecule has 1 unspecified atom stereocenters. The van der Waals surface area contributed by atoms with Crippen LogP contribution in [0.25, 0.3) is 0 Å². The number of nitrogens with one attached hydrogen (secondary N) is 1. The molecule has 10 heteroatoms. The Bertz CT molecular complexity index is 727. The lowest BCUT2D eigenvalue weighted by atomic mass is 10.1. The highest BCUT2D eigenvalue weighted by molar-refractivity contribution is 7.18. The Kier molecular flexibility index (Phi) is 4.24. The number of carbonyl (C=O) groups excluding carboxylic acids is 1. The number of amides is 1. The van der Waals surface area contributed by atoms with Gasteiger partial charge in [0.05, 0.1) is 11.1 Å². The quantitative estimate of drug-likeness (QED) is 0.660. The Morgan fingerprint density at radius 2 is 2.39 bits per heavy atom. The molecule has 1 aliphatic heterocycles. The highest BCUT2D eigenvalue weighted by Crippen LogP contribution is 2.28. The van der Waals surface area contributed by atoms with Gasteiger partial charge in [0.25, 0.3) is 5.91 Å². The summed E-state index contributed by atoms with van der Waals surface area (Å²) in [5.41, 5.74) is 0. The Hall–Kier alpha value is -2.49. The fourth-order valence-corrected chi connectivity index (χ4v) is 3.29. The summed E-state index contributed by atoms with van der Waals surface area (Å²) >= 11 is 0.933. The monoisotopic (exact) mass is 336 g/mol. The zero-order valence-corrected chi connectivity index (χ0v) is 13.3. The average Bonchev–Trinajstić information content (AvgIpc) is 3.18. The first-order valence-electron chi connectivity index (χ1n) is 7.30. The van der Waals surface area contributed by atoms with Gasteiger partial charge in [0.15, 0.2) is 5.13 Å². The minimum Gasteiger partial charge on any atom is -0.350 e. The van der Waals surface area contributed by atoms with Crippen molar-refractivity contribution in [3.8, 4) is 0 Å². The largest absolute Gasteiger partial charge is 0.350 e. The number of hydrogen-bond donors (Lipinski definition) is 1. The molecule has 1 saturated heterocycles. The van der Waals surface area contributed by atoms with Crippen LogP contribution in [0.4, 0.5) is 16.0 Å². The SMILES string of the molecule is CCn1nccc1N1CCCC(Nc2ncc([N+](=O)[O-])s2)C1=O. The van der Waals surface area contributed by atoms with Gasteiger partial charge in [0.1, 0.15) is 18.1 Å². The third-order valence-electron chi connectivity index (χ3n) is 3.68. The predicted molar refractivity (Wildman–Crippen MR) is 85.7 cm³/mol. The van der Waals surface area contributed by atoms with Crippen molar-refractivity contribution < 1.29 is 9.72 Å². The summed E-state index contributed by atoms with van der Waals surface area (Å²) in [6.07, 6.45) is 4.38. The summed E-state index contributed by atoms with van der Waals surface area (Å²) in [4.78, 5) is 28.6. The van der Waals surface area contributed by atoms with Crippen LogP contribution in [-0.2, 0) is 11.3 Å². The molecule has 2 aromatic heterocycles. The molecule has 1 amide bonds. The summed E-state index contributed by atoms with van der Waals surface area (Å²) in [7, 11) is 0. The molecule has 9 nitrogen and oxygen atoms in total. The zero-order valence-electron chi connectivity index (χ0n) is 12.5. The van der Waals surface area contributed by atoms with E-state index in [2.05, 4.69) is 15.4 Å². The maximum absolute atomic E-state index is 12.7. The van der Waals surface area contributed by atoms with Crippen LogP contribution < -0.4 is 10.2 Å². The van der Waals surface area contributed by atoms with Crippen LogP contribution in [0, 0.1) is 10.1 Å². The molecule has 23 heavy (non-hydrogen) atoms. The van der Waals surface area contributed by atoms with Crippen LogP contribution in [0.5, 0.6) is 0 Å². The number of anilines is 2. The van der Waals surface area contributed by atoms with E-state index in [1.807, 2.05) is 13.0 Å². The first kappa shape index (κ1) is 15.4. The molecule has 0 spiro atoms. The highest BCUT2D eigenvalue weighted by Gasteiger charge is 2.32. The Labute approximate surface area is 136 Å². The number of nitro groups is 1. The third-order valence-corrected chi connectivity index (χ3v) is 4.56. The summed E-state index contributed by atoms with van der Waals surface area (Å²) < 4.78 is 1.77. The molecule has 0 aromatic carbocycles. The molecular formula is C13H16N6O3S. The number of aromatic nitrogens is 3. The Balaban J connectivity index is 1.75. The lowest BCUT2D eigenvalue weighted by Gasteiger charge is -2.32. The van der Waals surface area contributed by atoms with Gasteiger partial charge < -0.3 is 5.32 Å². The first-order chi connectivity index (χ1) is 11.1. The van der Waals surface area contributed by atoms with Crippen molar-refractivity contribution in [2.45, 2.75) is 32.4 Å². The molecule has 3 heterocycles. The molecule has 122 valence electrons. The van der Waals surface area contributed by atoms with Crippen LogP contribution >= 0.6 is 11.3 Å². The van der Waals surface area contributed by atoms with Gasteiger partial charge in [-0.05, 0) is 31.1 Å². The van der Waals surface area contributed by atoms with Crippen molar-refractivity contribution in [1.82, 2.24) is 14.8 Å². The molecule has 1 atom stereocenters. The van der Waals surface area contributed by atoms with Gasteiger partial charge in [0, 0.05) is 19.2 Å². The minimum absolute atomic E-state index is 0.0447. The minimum atomic E-state index is -0.488. The molecule has 1 fully saturated rings. The van der Waals surface area contributed by atoms with Crippen LogP contribution in [-0.4, -0.2) is 38.2 Å². The fourth-order valence-electron chi connectivity index (χ4n) is 2.60. The molecule has 3 rings (SSSR count). The lowest BCUT2D eigenvalue weighted by molar-refractivity contribution is -0.380. The Morgan fingerprint density at radius 3 is 3.09 bits per heavy atom. The van der Waals surface area contributed by atoms with Gasteiger partial charge in [-0.15, -0.1) is 0 Å². The van der Waals surface area contributed by atoms with E-state index in [-0.39, 0.29) is 10.9 Å². The van der Waals surface area contributed by atoms with Crippen LogP contribution in [0.2, 0.25) is 0 Å². The van der Waals surface area contributed by atoms with Crippen molar-refractivity contribution in [1.29, 1.82) is 0 Å². The fraction of sp³-hybridized carbons (Fsp3) is 0.462. The van der Waals surface area contributed by atoms with Crippen LogP contribution in [0.3, 0.4) is 0 Å². The number of hydrogen-bond acceptors (Lipinski definition) is 7. The molecule has 0 radical (unpaired) electrons. The van der Waals surface area contributed by atoms with Crippen molar-refractivity contribution in [2.24, 2.45) is 0 Å². The van der Waals surface area contributed by atoms with Crippen LogP contribution in [0.1, 0.15) is 19.8 Å². The summed E-state index contributed by atoms with van der Waals surface area (Å²) in [6, 6.07) is 1.38. The number of aryl methyl sites for hydroxylation is 1. The van der Waals surface area contributed by atoms with E-state index >= 15 is 0 Å². The number of piperidine rings is 1. The molecule has 1 aliphatic rings. The Morgan fingerprint density at radius 1 is 1.57 bits per heavy atom. The molecule has 0 bridgehead atoms. The summed E-state index contributed by atoms with van der Waals surface area (Å²) in [5, 5.41) is 18.3. The second kappa shape index (κ2) is 6.32. The molecule has 2 aromatic rings. The van der Waals surface area contributed by atoms with E-state index in [9.17, 15) is 14.9 Å². The van der Waals surface area contributed by atoms with E-state index in [0.717, 1.165) is 23.6 Å². The van der Waals surface area contributed by atoms with E-state index in [0.29, 0.717) is 24.6 Å². The third kappa shape index (κ3) is 3.02. The average molecular weight is 336 g/mol.